The van der Waals surface area contributed by atoms with E-state index in [9.17, 15) is 5.11 Å². The summed E-state index contributed by atoms with van der Waals surface area (Å²) in [6.45, 7) is 5.37. The van der Waals surface area contributed by atoms with Crippen molar-refractivity contribution >= 4 is 0 Å². The van der Waals surface area contributed by atoms with E-state index in [2.05, 4.69) is 0 Å². The number of likely N-dealkylation sites (tertiary alicyclic amines) is 1. The van der Waals surface area contributed by atoms with Crippen molar-refractivity contribution in [2.45, 2.75) is 25.9 Å². The fraction of sp³-hybridized carbons (Fsp3) is 1.00. The highest BCUT2D eigenvalue weighted by atomic mass is 16.3. The van der Waals surface area contributed by atoms with E-state index in [1.807, 2.05) is 25.8 Å². The predicted molar refractivity (Wildman–Crippen MR) is 45.5 cm³/mol. The summed E-state index contributed by atoms with van der Waals surface area (Å²) in [4.78, 5) is 2.01. The van der Waals surface area contributed by atoms with Gasteiger partial charge >= 0.3 is 0 Å². The molecule has 1 atom stereocenters. The molecule has 0 radical (unpaired) electrons. The lowest BCUT2D eigenvalue weighted by Gasteiger charge is -2.18. The molecule has 0 bridgehead atoms. The molecule has 1 saturated heterocycles. The van der Waals surface area contributed by atoms with Gasteiger partial charge in [-0.15, -0.1) is 0 Å². The number of hydrogen-bond acceptors (Lipinski definition) is 3. The second-order valence-electron chi connectivity index (χ2n) is 2.87. The first-order valence-corrected chi connectivity index (χ1v) is 4.18. The Labute approximate surface area is 68.6 Å². The van der Waals surface area contributed by atoms with E-state index in [0.717, 1.165) is 6.54 Å². The molecular formula is C8H19NO2. The van der Waals surface area contributed by atoms with E-state index in [-0.39, 0.29) is 6.61 Å². The van der Waals surface area contributed by atoms with Crippen LogP contribution in [0.5, 0.6) is 0 Å². The van der Waals surface area contributed by atoms with Gasteiger partial charge in [-0.2, -0.15) is 0 Å². The third-order valence-corrected chi connectivity index (χ3v) is 1.82. The second kappa shape index (κ2) is 4.70. The van der Waals surface area contributed by atoms with Crippen LogP contribution in [0.2, 0.25) is 0 Å². The van der Waals surface area contributed by atoms with Gasteiger partial charge in [-0.3, -0.25) is 0 Å². The maximum absolute atomic E-state index is 9.38. The quantitative estimate of drug-likeness (QED) is 0.572. The lowest BCUT2D eigenvalue weighted by Crippen LogP contribution is -2.35. The Morgan fingerprint density at radius 3 is 2.18 bits per heavy atom. The highest BCUT2D eigenvalue weighted by Crippen LogP contribution is 2.18. The Bertz CT molecular complexity index is 108. The summed E-state index contributed by atoms with van der Waals surface area (Å²) in [5.74, 6) is 0. The van der Waals surface area contributed by atoms with Gasteiger partial charge in [0.2, 0.25) is 0 Å². The molecule has 2 N–H and O–H groups in total. The molecule has 1 aliphatic heterocycles. The maximum Gasteiger partial charge on any atom is 0.101 e. The van der Waals surface area contributed by atoms with Crippen LogP contribution in [0, 0.1) is 0 Å². The van der Waals surface area contributed by atoms with Gasteiger partial charge in [-0.1, -0.05) is 13.8 Å². The van der Waals surface area contributed by atoms with E-state index in [1.165, 1.54) is 0 Å². The number of likely N-dealkylation sites (N-methyl/N-ethyl adjacent to an activating group) is 1. The highest BCUT2D eigenvalue weighted by molar-refractivity contribution is 4.87. The first-order valence-electron chi connectivity index (χ1n) is 4.18. The van der Waals surface area contributed by atoms with Crippen LogP contribution in [0.25, 0.3) is 0 Å². The zero-order valence-corrected chi connectivity index (χ0v) is 7.67. The van der Waals surface area contributed by atoms with Crippen LogP contribution in [0.3, 0.4) is 0 Å². The van der Waals surface area contributed by atoms with E-state index in [1.54, 1.807) is 0 Å². The molecule has 1 unspecified atom stereocenters. The molecule has 1 rings (SSSR count). The van der Waals surface area contributed by atoms with Crippen molar-refractivity contribution in [1.29, 1.82) is 0 Å². The van der Waals surface area contributed by atoms with Gasteiger partial charge in [0.15, 0.2) is 0 Å². The van der Waals surface area contributed by atoms with Crippen molar-refractivity contribution < 1.29 is 10.2 Å². The largest absolute Gasteiger partial charge is 0.393 e. The minimum Gasteiger partial charge on any atom is -0.393 e. The highest BCUT2D eigenvalue weighted by Gasteiger charge is 2.33. The van der Waals surface area contributed by atoms with Crippen molar-refractivity contribution in [2.24, 2.45) is 0 Å². The van der Waals surface area contributed by atoms with Crippen molar-refractivity contribution in [1.82, 2.24) is 4.90 Å². The van der Waals surface area contributed by atoms with Crippen LogP contribution >= 0.6 is 0 Å². The maximum atomic E-state index is 9.38. The molecule has 0 spiro atoms. The van der Waals surface area contributed by atoms with Crippen LogP contribution in [0.1, 0.15) is 20.3 Å². The molecule has 0 aliphatic carbocycles. The van der Waals surface area contributed by atoms with Gasteiger partial charge in [0.05, 0.1) is 6.61 Å². The van der Waals surface area contributed by atoms with Crippen LogP contribution in [0.4, 0.5) is 0 Å². The molecule has 1 heterocycles. The molecule has 68 valence electrons. The molecular weight excluding hydrogens is 142 g/mol. The summed E-state index contributed by atoms with van der Waals surface area (Å²) >= 11 is 0. The van der Waals surface area contributed by atoms with E-state index in [4.69, 9.17) is 5.11 Å². The monoisotopic (exact) mass is 161 g/mol. The molecule has 1 fully saturated rings. The topological polar surface area (TPSA) is 43.7 Å². The normalized spacial score (nSPS) is 31.4. The van der Waals surface area contributed by atoms with Crippen molar-refractivity contribution in [3.63, 3.8) is 0 Å². The number of aliphatic hydroxyl groups is 2. The van der Waals surface area contributed by atoms with Crippen molar-refractivity contribution in [3.05, 3.63) is 0 Å². The number of hydrogen-bond donors (Lipinski definition) is 2. The lowest BCUT2D eigenvalue weighted by molar-refractivity contribution is -0.00358. The Balaban J connectivity index is 0.000000461. The minimum absolute atomic E-state index is 0.114. The summed E-state index contributed by atoms with van der Waals surface area (Å²) in [7, 11) is 1.94. The van der Waals surface area contributed by atoms with Gasteiger partial charge in [0.1, 0.15) is 5.60 Å². The molecule has 0 aromatic heterocycles. The van der Waals surface area contributed by atoms with Gasteiger partial charge in [-0.05, 0) is 13.5 Å². The van der Waals surface area contributed by atoms with Gasteiger partial charge < -0.3 is 15.1 Å². The molecule has 0 aromatic rings. The number of β-amino-alcohol motifs (C(OH)–C–C–N with tert-alkyl or cyclic N) is 1. The Morgan fingerprint density at radius 1 is 1.45 bits per heavy atom. The number of nitrogens with zero attached hydrogens (tertiary/aromatic N) is 1. The summed E-state index contributed by atoms with van der Waals surface area (Å²) in [6, 6.07) is 0. The van der Waals surface area contributed by atoms with Crippen molar-refractivity contribution in [3.8, 4) is 0 Å². The summed E-state index contributed by atoms with van der Waals surface area (Å²) in [6.07, 6.45) is 0.694. The first kappa shape index (κ1) is 10.9. The third-order valence-electron chi connectivity index (χ3n) is 1.82. The van der Waals surface area contributed by atoms with Crippen LogP contribution in [0.15, 0.2) is 0 Å². The SMILES string of the molecule is CC.CN1CCC(O)(CO)C1. The van der Waals surface area contributed by atoms with Crippen LogP contribution < -0.4 is 0 Å². The summed E-state index contributed by atoms with van der Waals surface area (Å²) in [5, 5.41) is 18.0. The Kier molecular flexibility index (Phi) is 4.65. The first-order chi connectivity index (χ1) is 5.16. The lowest BCUT2D eigenvalue weighted by atomic mass is 10.1. The van der Waals surface area contributed by atoms with E-state index in [0.29, 0.717) is 13.0 Å². The zero-order chi connectivity index (χ0) is 8.91. The van der Waals surface area contributed by atoms with Gasteiger partial charge in [0, 0.05) is 13.1 Å². The predicted octanol–water partition coefficient (Wildman–Crippen LogP) is 0.0715. The summed E-state index contributed by atoms with van der Waals surface area (Å²) in [5.41, 5.74) is -0.811. The van der Waals surface area contributed by atoms with Crippen molar-refractivity contribution in [2.75, 3.05) is 26.7 Å². The average molecular weight is 161 g/mol. The minimum atomic E-state index is -0.811. The fourth-order valence-electron chi connectivity index (χ4n) is 1.19. The standard InChI is InChI=1S/C6H13NO2.C2H6/c1-7-3-2-6(9,4-7)5-8;1-2/h8-9H,2-5H2,1H3;1-2H3. The van der Waals surface area contributed by atoms with Crippen LogP contribution in [-0.4, -0.2) is 47.5 Å². The molecule has 3 nitrogen and oxygen atoms in total. The molecule has 1 aliphatic rings. The zero-order valence-electron chi connectivity index (χ0n) is 7.67. The molecule has 3 heteroatoms. The molecule has 11 heavy (non-hydrogen) atoms. The third kappa shape index (κ3) is 3.18. The van der Waals surface area contributed by atoms with Crippen LogP contribution in [-0.2, 0) is 0 Å². The number of rotatable bonds is 1. The Hall–Kier alpha value is -0.120. The number of aliphatic hydroxyl groups excluding tert-OH is 1. The van der Waals surface area contributed by atoms with Gasteiger partial charge in [-0.25, -0.2) is 0 Å². The van der Waals surface area contributed by atoms with Gasteiger partial charge in [0.25, 0.3) is 0 Å². The summed E-state index contributed by atoms with van der Waals surface area (Å²) < 4.78 is 0. The second-order valence-corrected chi connectivity index (χ2v) is 2.87. The van der Waals surface area contributed by atoms with E-state index < -0.39 is 5.60 Å². The molecule has 0 aromatic carbocycles. The average Bonchev–Trinajstić information content (AvgIpc) is 2.37. The smallest absolute Gasteiger partial charge is 0.101 e. The molecule has 0 saturated carbocycles. The fourth-order valence-corrected chi connectivity index (χ4v) is 1.19. The Morgan fingerprint density at radius 2 is 2.00 bits per heavy atom. The van der Waals surface area contributed by atoms with E-state index >= 15 is 0 Å². The molecule has 0 amide bonds.